The molecule has 1 fully saturated rings. The topological polar surface area (TPSA) is 68.0 Å². The Bertz CT molecular complexity index is 652. The number of pyridine rings is 1. The third kappa shape index (κ3) is 4.12. The van der Waals surface area contributed by atoms with Crippen molar-refractivity contribution in [3.63, 3.8) is 0 Å². The summed E-state index contributed by atoms with van der Waals surface area (Å²) < 4.78 is 0. The fraction of sp³-hybridized carbons (Fsp3) is 0.333. The van der Waals surface area contributed by atoms with Gasteiger partial charge in [-0.3, -0.25) is 9.78 Å². The molecular formula is C18H21N3OS. The smallest absolute Gasteiger partial charge is 0.244 e. The molecule has 0 aliphatic heterocycles. The minimum absolute atomic E-state index is 0.0641. The van der Waals surface area contributed by atoms with Gasteiger partial charge in [-0.25, -0.2) is 0 Å². The maximum atomic E-state index is 12.3. The predicted octanol–water partition coefficient (Wildman–Crippen LogP) is 3.58. The molecule has 1 aromatic carbocycles. The van der Waals surface area contributed by atoms with E-state index in [1.165, 1.54) is 5.56 Å². The quantitative estimate of drug-likeness (QED) is 0.824. The Balaban J connectivity index is 1.55. The van der Waals surface area contributed by atoms with Gasteiger partial charge < -0.3 is 11.1 Å². The van der Waals surface area contributed by atoms with Crippen molar-refractivity contribution < 1.29 is 4.79 Å². The number of benzene rings is 1. The average molecular weight is 327 g/mol. The number of hydrogen-bond acceptors (Lipinski definition) is 4. The van der Waals surface area contributed by atoms with Crippen LogP contribution >= 0.6 is 11.8 Å². The lowest BCUT2D eigenvalue weighted by atomic mass is 9.98. The number of hydrogen-bond donors (Lipinski definition) is 2. The number of nitrogens with zero attached hydrogens (tertiary/aromatic N) is 1. The highest BCUT2D eigenvalue weighted by Crippen LogP contribution is 2.29. The number of nitrogens with one attached hydrogen (secondary N) is 1. The second-order valence-corrected chi connectivity index (χ2v) is 7.04. The molecule has 0 spiro atoms. The van der Waals surface area contributed by atoms with Gasteiger partial charge in [0.25, 0.3) is 0 Å². The first-order chi connectivity index (χ1) is 11.2. The van der Waals surface area contributed by atoms with Crippen LogP contribution in [0, 0.1) is 0 Å². The molecule has 1 aliphatic carbocycles. The van der Waals surface area contributed by atoms with E-state index in [0.717, 1.165) is 42.0 Å². The molecule has 5 heteroatoms. The molecule has 1 amide bonds. The highest BCUT2D eigenvalue weighted by atomic mass is 32.2. The van der Waals surface area contributed by atoms with E-state index in [9.17, 15) is 4.79 Å². The van der Waals surface area contributed by atoms with Crippen LogP contribution in [0.5, 0.6) is 0 Å². The van der Waals surface area contributed by atoms with Crippen molar-refractivity contribution in [2.24, 2.45) is 5.73 Å². The predicted molar refractivity (Wildman–Crippen MR) is 94.3 cm³/mol. The van der Waals surface area contributed by atoms with Crippen LogP contribution in [0.15, 0.2) is 53.7 Å². The molecule has 1 aliphatic rings. The maximum Gasteiger partial charge on any atom is 0.244 e. The molecular weight excluding hydrogens is 306 g/mol. The van der Waals surface area contributed by atoms with Crippen LogP contribution < -0.4 is 11.1 Å². The largest absolute Gasteiger partial charge is 0.324 e. The van der Waals surface area contributed by atoms with Gasteiger partial charge in [-0.1, -0.05) is 18.9 Å². The molecule has 0 unspecified atom stereocenters. The summed E-state index contributed by atoms with van der Waals surface area (Å²) in [5, 5.41) is 2.94. The van der Waals surface area contributed by atoms with E-state index in [2.05, 4.69) is 16.4 Å². The normalized spacial score (nSPS) is 16.2. The molecule has 0 saturated heterocycles. The second-order valence-electron chi connectivity index (χ2n) is 5.99. The number of anilines is 1. The van der Waals surface area contributed by atoms with Gasteiger partial charge in [0.05, 0.1) is 5.54 Å². The van der Waals surface area contributed by atoms with Gasteiger partial charge in [0.2, 0.25) is 5.91 Å². The fourth-order valence-electron chi connectivity index (χ4n) is 2.77. The van der Waals surface area contributed by atoms with Crippen LogP contribution in [-0.4, -0.2) is 16.4 Å². The first-order valence-corrected chi connectivity index (χ1v) is 8.86. The summed E-state index contributed by atoms with van der Waals surface area (Å²) in [6.07, 6.45) is 7.28. The van der Waals surface area contributed by atoms with Crippen molar-refractivity contribution in [1.82, 2.24) is 4.98 Å². The van der Waals surface area contributed by atoms with E-state index in [0.29, 0.717) is 0 Å². The molecule has 3 rings (SSSR count). The van der Waals surface area contributed by atoms with Gasteiger partial charge >= 0.3 is 0 Å². The molecule has 0 bridgehead atoms. The van der Waals surface area contributed by atoms with E-state index in [1.807, 2.05) is 36.5 Å². The van der Waals surface area contributed by atoms with Crippen molar-refractivity contribution in [2.45, 2.75) is 41.9 Å². The van der Waals surface area contributed by atoms with E-state index in [4.69, 9.17) is 5.73 Å². The summed E-state index contributed by atoms with van der Waals surface area (Å²) >= 11 is 1.75. The van der Waals surface area contributed by atoms with Crippen LogP contribution in [0.2, 0.25) is 0 Å². The summed E-state index contributed by atoms with van der Waals surface area (Å²) in [5.74, 6) is 0.816. The Morgan fingerprint density at radius 3 is 2.61 bits per heavy atom. The van der Waals surface area contributed by atoms with Crippen molar-refractivity contribution in [1.29, 1.82) is 0 Å². The van der Waals surface area contributed by atoms with E-state index >= 15 is 0 Å². The van der Waals surface area contributed by atoms with Crippen molar-refractivity contribution in [3.05, 3.63) is 54.4 Å². The molecule has 1 saturated carbocycles. The van der Waals surface area contributed by atoms with Gasteiger partial charge in [0, 0.05) is 28.7 Å². The minimum Gasteiger partial charge on any atom is -0.324 e. The lowest BCUT2D eigenvalue weighted by Gasteiger charge is -2.22. The summed E-state index contributed by atoms with van der Waals surface area (Å²) in [6.45, 7) is 0. The van der Waals surface area contributed by atoms with Crippen LogP contribution in [0.4, 0.5) is 5.69 Å². The van der Waals surface area contributed by atoms with Gasteiger partial charge in [0.15, 0.2) is 0 Å². The molecule has 0 radical (unpaired) electrons. The van der Waals surface area contributed by atoms with Gasteiger partial charge in [-0.15, -0.1) is 11.8 Å². The molecule has 4 nitrogen and oxygen atoms in total. The highest BCUT2D eigenvalue weighted by molar-refractivity contribution is 7.98. The van der Waals surface area contributed by atoms with Crippen LogP contribution in [-0.2, 0) is 10.5 Å². The van der Waals surface area contributed by atoms with Crippen molar-refractivity contribution >= 4 is 23.4 Å². The molecule has 2 aromatic rings. The number of thioether (sulfide) groups is 1. The zero-order chi connectivity index (χ0) is 16.1. The number of carbonyl (C=O) groups is 1. The van der Waals surface area contributed by atoms with Gasteiger partial charge in [-0.05, 0) is 48.7 Å². The standard InChI is InChI=1S/C18H21N3OS/c19-18(9-1-2-10-18)17(22)21-15-5-7-16(8-6-15)23-13-14-4-3-11-20-12-14/h3-8,11-12H,1-2,9-10,13,19H2,(H,21,22). The fourth-order valence-corrected chi connectivity index (χ4v) is 3.61. The minimum atomic E-state index is -0.687. The lowest BCUT2D eigenvalue weighted by molar-refractivity contribution is -0.121. The zero-order valence-electron chi connectivity index (χ0n) is 13.0. The summed E-state index contributed by atoms with van der Waals surface area (Å²) in [6, 6.07) is 11.9. The lowest BCUT2D eigenvalue weighted by Crippen LogP contribution is -2.48. The number of amides is 1. The SMILES string of the molecule is NC1(C(=O)Nc2ccc(SCc3cccnc3)cc2)CCCC1. The average Bonchev–Trinajstić information content (AvgIpc) is 3.03. The highest BCUT2D eigenvalue weighted by Gasteiger charge is 2.36. The maximum absolute atomic E-state index is 12.3. The van der Waals surface area contributed by atoms with Crippen molar-refractivity contribution in [3.8, 4) is 0 Å². The molecule has 3 N–H and O–H groups in total. The molecule has 120 valence electrons. The third-order valence-corrected chi connectivity index (χ3v) is 5.27. The van der Waals surface area contributed by atoms with Gasteiger partial charge in [-0.2, -0.15) is 0 Å². The number of nitrogens with two attached hydrogens (primary N) is 1. The number of carbonyl (C=O) groups excluding carboxylic acids is 1. The Labute approximate surface area is 140 Å². The van der Waals surface area contributed by atoms with Gasteiger partial charge in [0.1, 0.15) is 0 Å². The number of rotatable bonds is 5. The molecule has 1 aromatic heterocycles. The first-order valence-electron chi connectivity index (χ1n) is 7.88. The monoisotopic (exact) mass is 327 g/mol. The number of aromatic nitrogens is 1. The summed E-state index contributed by atoms with van der Waals surface area (Å²) in [4.78, 5) is 17.6. The van der Waals surface area contributed by atoms with Crippen LogP contribution in [0.1, 0.15) is 31.2 Å². The first kappa shape index (κ1) is 16.0. The molecule has 1 heterocycles. The van der Waals surface area contributed by atoms with E-state index in [1.54, 1.807) is 18.0 Å². The molecule has 23 heavy (non-hydrogen) atoms. The Morgan fingerprint density at radius 1 is 1.22 bits per heavy atom. The van der Waals surface area contributed by atoms with E-state index < -0.39 is 5.54 Å². The third-order valence-electron chi connectivity index (χ3n) is 4.19. The zero-order valence-corrected chi connectivity index (χ0v) is 13.8. The van der Waals surface area contributed by atoms with Crippen LogP contribution in [0.3, 0.4) is 0 Å². The molecule has 0 atom stereocenters. The summed E-state index contributed by atoms with van der Waals surface area (Å²) in [7, 11) is 0. The van der Waals surface area contributed by atoms with Crippen molar-refractivity contribution in [2.75, 3.05) is 5.32 Å². The summed E-state index contributed by atoms with van der Waals surface area (Å²) in [5.41, 5.74) is 7.48. The Kier molecular flexibility index (Phi) is 4.98. The van der Waals surface area contributed by atoms with Crippen LogP contribution in [0.25, 0.3) is 0 Å². The second kappa shape index (κ2) is 7.15. The van der Waals surface area contributed by atoms with E-state index in [-0.39, 0.29) is 5.91 Å². The Hall–Kier alpha value is -1.85. The Morgan fingerprint density at radius 2 is 1.96 bits per heavy atom.